The van der Waals surface area contributed by atoms with Crippen LogP contribution in [-0.2, 0) is 13.6 Å². The van der Waals surface area contributed by atoms with Gasteiger partial charge < -0.3 is 14.8 Å². The molecule has 3 rings (SSSR count). The van der Waals surface area contributed by atoms with Gasteiger partial charge in [0.15, 0.2) is 11.5 Å². The summed E-state index contributed by atoms with van der Waals surface area (Å²) in [5.74, 6) is 1.65. The molecule has 0 fully saturated rings. The highest BCUT2D eigenvalue weighted by molar-refractivity contribution is 5.44. The molecule has 0 aliphatic carbocycles. The Kier molecular flexibility index (Phi) is 3.56. The van der Waals surface area contributed by atoms with Crippen molar-refractivity contribution in [3.8, 4) is 11.5 Å². The maximum Gasteiger partial charge on any atom is 0.161 e. The second kappa shape index (κ2) is 5.50. The van der Waals surface area contributed by atoms with E-state index in [0.717, 1.165) is 23.7 Å². The van der Waals surface area contributed by atoms with Crippen LogP contribution < -0.4 is 14.8 Å². The van der Waals surface area contributed by atoms with E-state index in [1.807, 2.05) is 19.2 Å². The Hall–Kier alpha value is -2.08. The first kappa shape index (κ1) is 12.9. The molecule has 0 spiro atoms. The fourth-order valence-corrected chi connectivity index (χ4v) is 2.18. The van der Waals surface area contributed by atoms with Crippen molar-refractivity contribution in [1.29, 1.82) is 0 Å². The van der Waals surface area contributed by atoms with Gasteiger partial charge in [0.25, 0.3) is 0 Å². The molecule has 2 aromatic rings. The molecular formula is C14H18N4O2. The van der Waals surface area contributed by atoms with Gasteiger partial charge in [0.2, 0.25) is 0 Å². The first-order valence-electron chi connectivity index (χ1n) is 6.70. The Bertz CT molecular complexity index is 597. The lowest BCUT2D eigenvalue weighted by Crippen LogP contribution is -2.20. The van der Waals surface area contributed by atoms with E-state index in [1.165, 1.54) is 5.56 Å². The molecule has 6 nitrogen and oxygen atoms in total. The number of nitrogens with one attached hydrogen (secondary N) is 1. The molecule has 106 valence electrons. The third kappa shape index (κ3) is 2.60. The van der Waals surface area contributed by atoms with E-state index in [-0.39, 0.29) is 6.04 Å². The van der Waals surface area contributed by atoms with Crippen molar-refractivity contribution in [2.75, 3.05) is 13.2 Å². The number of hydrogen-bond acceptors (Lipinski definition) is 5. The predicted molar refractivity (Wildman–Crippen MR) is 73.7 cm³/mol. The van der Waals surface area contributed by atoms with Gasteiger partial charge in [-0.1, -0.05) is 11.3 Å². The van der Waals surface area contributed by atoms with Crippen molar-refractivity contribution >= 4 is 0 Å². The number of aromatic nitrogens is 3. The van der Waals surface area contributed by atoms with Gasteiger partial charge in [-0.05, 0) is 24.6 Å². The molecule has 1 aromatic carbocycles. The van der Waals surface area contributed by atoms with E-state index in [1.54, 1.807) is 10.9 Å². The maximum atomic E-state index is 5.61. The number of ether oxygens (including phenoxy) is 2. The zero-order chi connectivity index (χ0) is 13.9. The van der Waals surface area contributed by atoms with Crippen LogP contribution in [0.5, 0.6) is 11.5 Å². The predicted octanol–water partition coefficient (Wildman–Crippen LogP) is 1.44. The normalized spacial score (nSPS) is 15.1. The van der Waals surface area contributed by atoms with Gasteiger partial charge in [0.05, 0.1) is 11.9 Å². The molecule has 1 unspecified atom stereocenters. The summed E-state index contributed by atoms with van der Waals surface area (Å²) in [4.78, 5) is 0. The van der Waals surface area contributed by atoms with E-state index in [0.29, 0.717) is 13.2 Å². The van der Waals surface area contributed by atoms with Crippen molar-refractivity contribution in [3.05, 3.63) is 35.7 Å². The lowest BCUT2D eigenvalue weighted by Gasteiger charge is -2.21. The average molecular weight is 274 g/mol. The number of aryl methyl sites for hydroxylation is 1. The molecule has 1 aliphatic heterocycles. The van der Waals surface area contributed by atoms with Crippen molar-refractivity contribution in [3.63, 3.8) is 0 Å². The van der Waals surface area contributed by atoms with E-state index in [2.05, 4.69) is 28.6 Å². The Morgan fingerprint density at radius 1 is 1.30 bits per heavy atom. The summed E-state index contributed by atoms with van der Waals surface area (Å²) in [5.41, 5.74) is 2.22. The second-order valence-electron chi connectivity index (χ2n) is 4.85. The van der Waals surface area contributed by atoms with Crippen LogP contribution in [0.3, 0.4) is 0 Å². The van der Waals surface area contributed by atoms with Crippen LogP contribution in [0, 0.1) is 0 Å². The lowest BCUT2D eigenvalue weighted by atomic mass is 10.1. The largest absolute Gasteiger partial charge is 0.486 e. The number of nitrogens with zero attached hydrogens (tertiary/aromatic N) is 3. The molecule has 0 saturated carbocycles. The van der Waals surface area contributed by atoms with Gasteiger partial charge in [0.1, 0.15) is 13.2 Å². The van der Waals surface area contributed by atoms with Crippen molar-refractivity contribution in [2.45, 2.75) is 19.5 Å². The maximum absolute atomic E-state index is 5.61. The number of hydrogen-bond donors (Lipinski definition) is 1. The summed E-state index contributed by atoms with van der Waals surface area (Å²) in [5, 5.41) is 11.2. The molecule has 1 aromatic heterocycles. The zero-order valence-corrected chi connectivity index (χ0v) is 11.7. The molecule has 2 heterocycles. The van der Waals surface area contributed by atoms with Gasteiger partial charge in [-0.15, -0.1) is 5.10 Å². The zero-order valence-electron chi connectivity index (χ0n) is 11.7. The highest BCUT2D eigenvalue weighted by Crippen LogP contribution is 2.32. The van der Waals surface area contributed by atoms with Crippen LogP contribution >= 0.6 is 0 Å². The van der Waals surface area contributed by atoms with E-state index < -0.39 is 0 Å². The SMILES string of the molecule is CC(NCc1cnnn1C)c1ccc2c(c1)OCCO2. The molecule has 0 radical (unpaired) electrons. The van der Waals surface area contributed by atoms with E-state index >= 15 is 0 Å². The molecule has 0 bridgehead atoms. The summed E-state index contributed by atoms with van der Waals surface area (Å²) in [6.07, 6.45) is 1.77. The third-order valence-electron chi connectivity index (χ3n) is 3.46. The molecule has 1 atom stereocenters. The standard InChI is InChI=1S/C14H18N4O2/c1-10(15-8-12-9-16-17-18(12)2)11-3-4-13-14(7-11)20-6-5-19-13/h3-4,7,9-10,15H,5-6,8H2,1-2H3. The number of fused-ring (bicyclic) bond motifs is 1. The molecular weight excluding hydrogens is 256 g/mol. The topological polar surface area (TPSA) is 61.2 Å². The van der Waals surface area contributed by atoms with Crippen LogP contribution in [0.2, 0.25) is 0 Å². The highest BCUT2D eigenvalue weighted by atomic mass is 16.6. The van der Waals surface area contributed by atoms with Gasteiger partial charge in [-0.3, -0.25) is 4.68 Å². The quantitative estimate of drug-likeness (QED) is 0.914. The molecule has 20 heavy (non-hydrogen) atoms. The summed E-state index contributed by atoms with van der Waals surface area (Å²) >= 11 is 0. The Morgan fingerprint density at radius 3 is 2.85 bits per heavy atom. The molecule has 1 N–H and O–H groups in total. The van der Waals surface area contributed by atoms with E-state index in [9.17, 15) is 0 Å². The minimum absolute atomic E-state index is 0.209. The van der Waals surface area contributed by atoms with Crippen molar-refractivity contribution < 1.29 is 9.47 Å². The molecule has 6 heteroatoms. The van der Waals surface area contributed by atoms with Gasteiger partial charge in [-0.25, -0.2) is 0 Å². The average Bonchev–Trinajstić information content (AvgIpc) is 2.89. The number of rotatable bonds is 4. The fraction of sp³-hybridized carbons (Fsp3) is 0.429. The highest BCUT2D eigenvalue weighted by Gasteiger charge is 2.14. The van der Waals surface area contributed by atoms with Gasteiger partial charge in [0, 0.05) is 19.6 Å². The van der Waals surface area contributed by atoms with Crippen molar-refractivity contribution in [2.24, 2.45) is 7.05 Å². The molecule has 0 saturated heterocycles. The lowest BCUT2D eigenvalue weighted by molar-refractivity contribution is 0.171. The summed E-state index contributed by atoms with van der Waals surface area (Å²) in [6.45, 7) is 4.07. The van der Waals surface area contributed by atoms with Crippen LogP contribution in [0.25, 0.3) is 0 Å². The van der Waals surface area contributed by atoms with Crippen LogP contribution in [0.1, 0.15) is 24.2 Å². The van der Waals surface area contributed by atoms with Crippen LogP contribution in [-0.4, -0.2) is 28.2 Å². The molecule has 1 aliphatic rings. The Balaban J connectivity index is 1.67. The van der Waals surface area contributed by atoms with Crippen LogP contribution in [0.15, 0.2) is 24.4 Å². The van der Waals surface area contributed by atoms with Crippen molar-refractivity contribution in [1.82, 2.24) is 20.3 Å². The van der Waals surface area contributed by atoms with Crippen LogP contribution in [0.4, 0.5) is 0 Å². The van der Waals surface area contributed by atoms with Gasteiger partial charge >= 0.3 is 0 Å². The summed E-state index contributed by atoms with van der Waals surface area (Å²) in [6, 6.07) is 6.27. The number of benzene rings is 1. The minimum atomic E-state index is 0.209. The smallest absolute Gasteiger partial charge is 0.161 e. The van der Waals surface area contributed by atoms with E-state index in [4.69, 9.17) is 9.47 Å². The Morgan fingerprint density at radius 2 is 2.10 bits per heavy atom. The molecule has 0 amide bonds. The fourth-order valence-electron chi connectivity index (χ4n) is 2.18. The first-order chi connectivity index (χ1) is 9.74. The summed E-state index contributed by atoms with van der Waals surface area (Å²) in [7, 11) is 1.89. The monoisotopic (exact) mass is 274 g/mol. The Labute approximate surface area is 117 Å². The third-order valence-corrected chi connectivity index (χ3v) is 3.46. The second-order valence-corrected chi connectivity index (χ2v) is 4.85. The van der Waals surface area contributed by atoms with Gasteiger partial charge in [-0.2, -0.15) is 0 Å². The summed E-state index contributed by atoms with van der Waals surface area (Å²) < 4.78 is 12.9. The first-order valence-corrected chi connectivity index (χ1v) is 6.70. The minimum Gasteiger partial charge on any atom is -0.486 e.